The van der Waals surface area contributed by atoms with Crippen molar-refractivity contribution in [2.45, 2.75) is 37.8 Å². The van der Waals surface area contributed by atoms with E-state index in [0.717, 1.165) is 37.6 Å². The van der Waals surface area contributed by atoms with Gasteiger partial charge in [0.25, 0.3) is 0 Å². The fourth-order valence-electron chi connectivity index (χ4n) is 3.45. The third-order valence-corrected chi connectivity index (χ3v) is 4.58. The number of methoxy groups -OCH3 is 1. The van der Waals surface area contributed by atoms with E-state index in [-0.39, 0.29) is 5.91 Å². The van der Waals surface area contributed by atoms with Crippen LogP contribution in [0.3, 0.4) is 0 Å². The molecule has 1 aliphatic heterocycles. The molecule has 5 heteroatoms. The molecule has 1 saturated heterocycles. The molecule has 2 aliphatic rings. The minimum atomic E-state index is 0.0503. The summed E-state index contributed by atoms with van der Waals surface area (Å²) in [5.74, 6) is 0.800. The van der Waals surface area contributed by atoms with E-state index in [9.17, 15) is 4.79 Å². The molecule has 2 fully saturated rings. The van der Waals surface area contributed by atoms with E-state index < -0.39 is 0 Å². The second-order valence-electron chi connectivity index (χ2n) is 5.97. The Morgan fingerprint density at radius 2 is 2.36 bits per heavy atom. The third-order valence-electron chi connectivity index (χ3n) is 4.58. The Labute approximate surface area is 131 Å². The van der Waals surface area contributed by atoms with Crippen molar-refractivity contribution in [1.82, 2.24) is 4.90 Å². The van der Waals surface area contributed by atoms with Crippen molar-refractivity contribution in [3.05, 3.63) is 24.3 Å². The first kappa shape index (κ1) is 15.3. The van der Waals surface area contributed by atoms with Crippen LogP contribution in [0.2, 0.25) is 0 Å². The Balaban J connectivity index is 1.49. The summed E-state index contributed by atoms with van der Waals surface area (Å²) in [6.07, 6.45) is 4.50. The number of fused-ring (bicyclic) bond motifs is 1. The Bertz CT molecular complexity index is 520. The Kier molecular flexibility index (Phi) is 4.95. The van der Waals surface area contributed by atoms with E-state index in [1.54, 1.807) is 7.11 Å². The van der Waals surface area contributed by atoms with Crippen molar-refractivity contribution in [2.75, 3.05) is 32.1 Å². The predicted molar refractivity (Wildman–Crippen MR) is 85.2 cm³/mol. The summed E-state index contributed by atoms with van der Waals surface area (Å²) < 4.78 is 11.0. The first-order valence-electron chi connectivity index (χ1n) is 8.06. The first-order chi connectivity index (χ1) is 10.8. The summed E-state index contributed by atoms with van der Waals surface area (Å²) in [5.41, 5.74) is 0.782. The highest BCUT2D eigenvalue weighted by molar-refractivity contribution is 5.91. The Morgan fingerprint density at radius 1 is 1.45 bits per heavy atom. The number of hydrogen-bond donors (Lipinski definition) is 1. The average molecular weight is 304 g/mol. The van der Waals surface area contributed by atoms with E-state index >= 15 is 0 Å². The van der Waals surface area contributed by atoms with Gasteiger partial charge in [-0.05, 0) is 31.4 Å². The molecule has 1 heterocycles. The Morgan fingerprint density at radius 3 is 3.23 bits per heavy atom. The minimum Gasteiger partial charge on any atom is -0.497 e. The van der Waals surface area contributed by atoms with Crippen molar-refractivity contribution in [3.63, 3.8) is 0 Å². The molecule has 1 saturated carbocycles. The van der Waals surface area contributed by atoms with Gasteiger partial charge in [0.2, 0.25) is 5.91 Å². The highest BCUT2D eigenvalue weighted by Gasteiger charge is 2.35. The van der Waals surface area contributed by atoms with Crippen LogP contribution in [0.25, 0.3) is 0 Å². The number of rotatable bonds is 5. The smallest absolute Gasteiger partial charge is 0.225 e. The fourth-order valence-corrected chi connectivity index (χ4v) is 3.45. The second-order valence-corrected chi connectivity index (χ2v) is 5.97. The number of nitrogens with zero attached hydrogens (tertiary/aromatic N) is 1. The quantitative estimate of drug-likeness (QED) is 0.907. The number of carbonyl (C=O) groups excluding carboxylic acids is 1. The maximum atomic E-state index is 12.1. The zero-order valence-corrected chi connectivity index (χ0v) is 13.1. The van der Waals surface area contributed by atoms with Crippen LogP contribution in [-0.2, 0) is 9.53 Å². The van der Waals surface area contributed by atoms with Crippen LogP contribution in [0.5, 0.6) is 5.75 Å². The summed E-state index contributed by atoms with van der Waals surface area (Å²) >= 11 is 0. The summed E-state index contributed by atoms with van der Waals surface area (Å²) in [4.78, 5) is 14.6. The molecule has 2 atom stereocenters. The largest absolute Gasteiger partial charge is 0.497 e. The lowest BCUT2D eigenvalue weighted by atomic mass is 10.1. The molecule has 22 heavy (non-hydrogen) atoms. The molecule has 1 amide bonds. The maximum Gasteiger partial charge on any atom is 0.225 e. The molecule has 0 spiro atoms. The van der Waals surface area contributed by atoms with Gasteiger partial charge in [0, 0.05) is 37.3 Å². The molecule has 0 bridgehead atoms. The van der Waals surface area contributed by atoms with Gasteiger partial charge in [-0.15, -0.1) is 0 Å². The lowest BCUT2D eigenvalue weighted by Gasteiger charge is -2.37. The second kappa shape index (κ2) is 7.11. The van der Waals surface area contributed by atoms with Crippen molar-refractivity contribution < 1.29 is 14.3 Å². The number of amides is 1. The van der Waals surface area contributed by atoms with Gasteiger partial charge in [0.05, 0.1) is 19.8 Å². The number of anilines is 1. The molecule has 5 nitrogen and oxygen atoms in total. The van der Waals surface area contributed by atoms with Gasteiger partial charge >= 0.3 is 0 Å². The molecule has 0 unspecified atom stereocenters. The number of morpholine rings is 1. The van der Waals surface area contributed by atoms with Crippen LogP contribution >= 0.6 is 0 Å². The van der Waals surface area contributed by atoms with Gasteiger partial charge in [-0.3, -0.25) is 9.69 Å². The standard InChI is InChI=1S/C17H24N2O3/c1-21-14-5-2-4-13(12-14)18-17(20)8-9-19-10-11-22-16-7-3-6-15(16)19/h2,4-5,12,15-16H,3,6-11H2,1H3,(H,18,20)/t15-,16+/m1/s1. The van der Waals surface area contributed by atoms with Gasteiger partial charge in [-0.2, -0.15) is 0 Å². The zero-order valence-electron chi connectivity index (χ0n) is 13.1. The van der Waals surface area contributed by atoms with E-state index in [1.165, 1.54) is 12.8 Å². The van der Waals surface area contributed by atoms with Crippen LogP contribution in [0.15, 0.2) is 24.3 Å². The van der Waals surface area contributed by atoms with Gasteiger partial charge in [-0.1, -0.05) is 6.07 Å². The van der Waals surface area contributed by atoms with Gasteiger partial charge in [0.15, 0.2) is 0 Å². The summed E-state index contributed by atoms with van der Waals surface area (Å²) in [7, 11) is 1.62. The first-order valence-corrected chi connectivity index (χ1v) is 8.06. The van der Waals surface area contributed by atoms with Gasteiger partial charge < -0.3 is 14.8 Å². The van der Waals surface area contributed by atoms with Crippen molar-refractivity contribution in [1.29, 1.82) is 0 Å². The monoisotopic (exact) mass is 304 g/mol. The number of hydrogen-bond acceptors (Lipinski definition) is 4. The minimum absolute atomic E-state index is 0.0503. The molecule has 3 rings (SSSR count). The summed E-state index contributed by atoms with van der Waals surface area (Å²) in [5, 5.41) is 2.94. The molecule has 0 radical (unpaired) electrons. The fraction of sp³-hybridized carbons (Fsp3) is 0.588. The number of ether oxygens (including phenoxy) is 2. The highest BCUT2D eigenvalue weighted by Crippen LogP contribution is 2.29. The summed E-state index contributed by atoms with van der Waals surface area (Å²) in [6.45, 7) is 2.53. The highest BCUT2D eigenvalue weighted by atomic mass is 16.5. The van der Waals surface area contributed by atoms with E-state index in [1.807, 2.05) is 24.3 Å². The lowest BCUT2D eigenvalue weighted by Crippen LogP contribution is -2.49. The SMILES string of the molecule is COc1cccc(NC(=O)CCN2CCO[C@H]3CCC[C@H]32)c1. The lowest BCUT2D eigenvalue weighted by molar-refractivity contribution is -0.117. The van der Waals surface area contributed by atoms with E-state index in [4.69, 9.17) is 9.47 Å². The number of benzene rings is 1. The molecule has 1 N–H and O–H groups in total. The molecule has 120 valence electrons. The van der Waals surface area contributed by atoms with Crippen LogP contribution in [0.1, 0.15) is 25.7 Å². The molecule has 0 aromatic heterocycles. The summed E-state index contributed by atoms with van der Waals surface area (Å²) in [6, 6.07) is 7.96. The van der Waals surface area contributed by atoms with Crippen molar-refractivity contribution in [3.8, 4) is 5.75 Å². The molecular formula is C17H24N2O3. The predicted octanol–water partition coefficient (Wildman–Crippen LogP) is 2.28. The molecule has 1 aromatic carbocycles. The molecule has 1 aromatic rings. The number of carbonyl (C=O) groups is 1. The van der Waals surface area contributed by atoms with Gasteiger partial charge in [-0.25, -0.2) is 0 Å². The molecular weight excluding hydrogens is 280 g/mol. The van der Waals surface area contributed by atoms with Crippen LogP contribution < -0.4 is 10.1 Å². The van der Waals surface area contributed by atoms with Gasteiger partial charge in [0.1, 0.15) is 5.75 Å². The third kappa shape index (κ3) is 3.59. The Hall–Kier alpha value is -1.59. The topological polar surface area (TPSA) is 50.8 Å². The van der Waals surface area contributed by atoms with Crippen molar-refractivity contribution >= 4 is 11.6 Å². The van der Waals surface area contributed by atoms with Crippen LogP contribution in [0, 0.1) is 0 Å². The molecule has 1 aliphatic carbocycles. The normalized spacial score (nSPS) is 24.8. The van der Waals surface area contributed by atoms with Crippen LogP contribution in [0.4, 0.5) is 5.69 Å². The van der Waals surface area contributed by atoms with E-state index in [2.05, 4.69) is 10.2 Å². The number of nitrogens with one attached hydrogen (secondary N) is 1. The maximum absolute atomic E-state index is 12.1. The average Bonchev–Trinajstić information content (AvgIpc) is 3.02. The van der Waals surface area contributed by atoms with E-state index in [0.29, 0.717) is 18.6 Å². The van der Waals surface area contributed by atoms with Crippen molar-refractivity contribution in [2.24, 2.45) is 0 Å². The van der Waals surface area contributed by atoms with Crippen LogP contribution in [-0.4, -0.2) is 49.8 Å². The zero-order chi connectivity index (χ0) is 15.4.